The molecule has 0 heterocycles. The highest BCUT2D eigenvalue weighted by Gasteiger charge is 2.07. The predicted molar refractivity (Wildman–Crippen MR) is 97.4 cm³/mol. The molecule has 0 bridgehead atoms. The molecule has 0 radical (unpaired) electrons. The Kier molecular flexibility index (Phi) is 6.39. The van der Waals surface area contributed by atoms with Gasteiger partial charge >= 0.3 is 12.0 Å². The van der Waals surface area contributed by atoms with Gasteiger partial charge in [0, 0.05) is 17.8 Å². The molecule has 0 fully saturated rings. The molecule has 2 aromatic rings. The molecule has 0 saturated carbocycles. The van der Waals surface area contributed by atoms with Crippen molar-refractivity contribution in [1.82, 2.24) is 0 Å². The van der Waals surface area contributed by atoms with Gasteiger partial charge in [0.2, 0.25) is 0 Å². The number of benzene rings is 2. The van der Waals surface area contributed by atoms with Crippen LogP contribution in [0.2, 0.25) is 0 Å². The van der Waals surface area contributed by atoms with Crippen LogP contribution in [-0.2, 0) is 11.2 Å². The number of anilines is 2. The average molecular weight is 342 g/mol. The summed E-state index contributed by atoms with van der Waals surface area (Å²) >= 11 is 0. The topological polar surface area (TPSA) is 87.7 Å². The molecule has 6 heteroatoms. The molecule has 0 unspecified atom stereocenters. The number of amides is 2. The van der Waals surface area contributed by atoms with Gasteiger partial charge < -0.3 is 20.5 Å². The molecule has 25 heavy (non-hydrogen) atoms. The second-order valence-corrected chi connectivity index (χ2v) is 5.58. The number of carbonyl (C=O) groups is 2. The third-order valence-electron chi connectivity index (χ3n) is 3.57. The van der Waals surface area contributed by atoms with E-state index in [0.717, 1.165) is 16.9 Å². The van der Waals surface area contributed by atoms with Gasteiger partial charge in [-0.05, 0) is 61.7 Å². The Balaban J connectivity index is 1.98. The number of aliphatic carboxylic acids is 1. The standard InChI is InChI=1S/C19H22N2O4/c1-3-25-16-8-9-17(13(2)11-16)21-19(24)20-15-6-4-5-14(12-15)7-10-18(22)23/h4-6,8-9,11-12H,3,7,10H2,1-2H3,(H,22,23)(H2,20,21,24). The van der Waals surface area contributed by atoms with Crippen LogP contribution < -0.4 is 15.4 Å². The van der Waals surface area contributed by atoms with E-state index in [4.69, 9.17) is 9.84 Å². The van der Waals surface area contributed by atoms with E-state index in [9.17, 15) is 9.59 Å². The highest BCUT2D eigenvalue weighted by Crippen LogP contribution is 2.22. The molecule has 0 atom stereocenters. The van der Waals surface area contributed by atoms with E-state index >= 15 is 0 Å². The van der Waals surface area contributed by atoms with Gasteiger partial charge in [0.05, 0.1) is 6.61 Å². The molecule has 0 saturated heterocycles. The largest absolute Gasteiger partial charge is 0.494 e. The Labute approximate surface area is 146 Å². The Morgan fingerprint density at radius 2 is 1.92 bits per heavy atom. The van der Waals surface area contributed by atoms with Gasteiger partial charge in [0.25, 0.3) is 0 Å². The first-order chi connectivity index (χ1) is 12.0. The molecule has 0 aliphatic heterocycles. The Morgan fingerprint density at radius 1 is 1.12 bits per heavy atom. The maximum atomic E-state index is 12.2. The quantitative estimate of drug-likeness (QED) is 0.708. The fourth-order valence-corrected chi connectivity index (χ4v) is 2.37. The lowest BCUT2D eigenvalue weighted by Crippen LogP contribution is -2.20. The van der Waals surface area contributed by atoms with Crippen molar-refractivity contribution >= 4 is 23.4 Å². The number of carboxylic acid groups (broad SMARTS) is 1. The number of aryl methyl sites for hydroxylation is 2. The van der Waals surface area contributed by atoms with Gasteiger partial charge in [0.1, 0.15) is 5.75 Å². The fourth-order valence-electron chi connectivity index (χ4n) is 2.37. The smallest absolute Gasteiger partial charge is 0.323 e. The van der Waals surface area contributed by atoms with Gasteiger partial charge in [-0.25, -0.2) is 4.79 Å². The molecule has 132 valence electrons. The zero-order valence-corrected chi connectivity index (χ0v) is 14.3. The van der Waals surface area contributed by atoms with Crippen molar-refractivity contribution in [2.24, 2.45) is 0 Å². The van der Waals surface area contributed by atoms with Crippen molar-refractivity contribution in [2.45, 2.75) is 26.7 Å². The van der Waals surface area contributed by atoms with Crippen LogP contribution in [-0.4, -0.2) is 23.7 Å². The van der Waals surface area contributed by atoms with E-state index in [2.05, 4.69) is 10.6 Å². The summed E-state index contributed by atoms with van der Waals surface area (Å²) in [7, 11) is 0. The van der Waals surface area contributed by atoms with Gasteiger partial charge in [0.15, 0.2) is 0 Å². The zero-order valence-electron chi connectivity index (χ0n) is 14.3. The summed E-state index contributed by atoms with van der Waals surface area (Å²) < 4.78 is 5.43. The maximum absolute atomic E-state index is 12.2. The Hall–Kier alpha value is -3.02. The number of ether oxygens (including phenoxy) is 1. The van der Waals surface area contributed by atoms with Crippen LogP contribution >= 0.6 is 0 Å². The third-order valence-corrected chi connectivity index (χ3v) is 3.57. The molecule has 2 amide bonds. The lowest BCUT2D eigenvalue weighted by Gasteiger charge is -2.12. The van der Waals surface area contributed by atoms with Crippen molar-refractivity contribution < 1.29 is 19.4 Å². The lowest BCUT2D eigenvalue weighted by molar-refractivity contribution is -0.136. The second kappa shape index (κ2) is 8.73. The van der Waals surface area contributed by atoms with Crippen molar-refractivity contribution in [3.05, 3.63) is 53.6 Å². The van der Waals surface area contributed by atoms with Crippen molar-refractivity contribution in [1.29, 1.82) is 0 Å². The van der Waals surface area contributed by atoms with Crippen molar-refractivity contribution in [2.75, 3.05) is 17.2 Å². The average Bonchev–Trinajstić information content (AvgIpc) is 2.56. The molecular formula is C19H22N2O4. The van der Waals surface area contributed by atoms with Crippen LogP contribution in [0.1, 0.15) is 24.5 Å². The summed E-state index contributed by atoms with van der Waals surface area (Å²) in [5.41, 5.74) is 3.07. The highest BCUT2D eigenvalue weighted by molar-refractivity contribution is 6.00. The molecule has 2 rings (SSSR count). The molecule has 0 spiro atoms. The Morgan fingerprint density at radius 3 is 2.60 bits per heavy atom. The number of rotatable bonds is 7. The maximum Gasteiger partial charge on any atom is 0.323 e. The van der Waals surface area contributed by atoms with E-state index < -0.39 is 5.97 Å². The monoisotopic (exact) mass is 342 g/mol. The highest BCUT2D eigenvalue weighted by atomic mass is 16.5. The van der Waals surface area contributed by atoms with Crippen molar-refractivity contribution in [3.8, 4) is 5.75 Å². The van der Waals surface area contributed by atoms with E-state index in [1.54, 1.807) is 30.3 Å². The Bertz CT molecular complexity index is 759. The van der Waals surface area contributed by atoms with E-state index in [1.807, 2.05) is 26.0 Å². The second-order valence-electron chi connectivity index (χ2n) is 5.58. The number of urea groups is 1. The first-order valence-electron chi connectivity index (χ1n) is 8.10. The number of carboxylic acids is 1. The minimum Gasteiger partial charge on any atom is -0.494 e. The molecule has 0 aliphatic rings. The lowest BCUT2D eigenvalue weighted by atomic mass is 10.1. The van der Waals surface area contributed by atoms with Crippen LogP contribution in [0.15, 0.2) is 42.5 Å². The summed E-state index contributed by atoms with van der Waals surface area (Å²) in [6.07, 6.45) is 0.478. The van der Waals surface area contributed by atoms with E-state index in [0.29, 0.717) is 24.4 Å². The zero-order chi connectivity index (χ0) is 18.2. The van der Waals surface area contributed by atoms with Gasteiger partial charge in [-0.15, -0.1) is 0 Å². The third kappa shape index (κ3) is 5.84. The van der Waals surface area contributed by atoms with Crippen LogP contribution in [0.4, 0.5) is 16.2 Å². The molecule has 2 aromatic carbocycles. The number of nitrogens with one attached hydrogen (secondary N) is 2. The van der Waals surface area contributed by atoms with Gasteiger partial charge in [-0.3, -0.25) is 4.79 Å². The molecule has 3 N–H and O–H groups in total. The summed E-state index contributed by atoms with van der Waals surface area (Å²) in [6, 6.07) is 12.3. The number of hydrogen-bond donors (Lipinski definition) is 3. The fraction of sp³-hybridized carbons (Fsp3) is 0.263. The van der Waals surface area contributed by atoms with Gasteiger partial charge in [-0.1, -0.05) is 12.1 Å². The van der Waals surface area contributed by atoms with Gasteiger partial charge in [-0.2, -0.15) is 0 Å². The van der Waals surface area contributed by atoms with Crippen LogP contribution in [0.5, 0.6) is 5.75 Å². The minimum absolute atomic E-state index is 0.0566. The number of carbonyl (C=O) groups excluding carboxylic acids is 1. The summed E-state index contributed by atoms with van der Waals surface area (Å²) in [5.74, 6) is -0.0841. The molecule has 6 nitrogen and oxygen atoms in total. The molecular weight excluding hydrogens is 320 g/mol. The summed E-state index contributed by atoms with van der Waals surface area (Å²) in [5, 5.41) is 14.3. The van der Waals surface area contributed by atoms with Crippen LogP contribution in [0, 0.1) is 6.92 Å². The first-order valence-corrected chi connectivity index (χ1v) is 8.10. The summed E-state index contributed by atoms with van der Waals surface area (Å²) in [4.78, 5) is 22.8. The number of hydrogen-bond acceptors (Lipinski definition) is 3. The minimum atomic E-state index is -0.845. The SMILES string of the molecule is CCOc1ccc(NC(=O)Nc2cccc(CCC(=O)O)c2)c(C)c1. The molecule has 0 aliphatic carbocycles. The van der Waals surface area contributed by atoms with E-state index in [-0.39, 0.29) is 12.5 Å². The molecule has 0 aromatic heterocycles. The van der Waals surface area contributed by atoms with Crippen LogP contribution in [0.3, 0.4) is 0 Å². The van der Waals surface area contributed by atoms with Crippen LogP contribution in [0.25, 0.3) is 0 Å². The summed E-state index contributed by atoms with van der Waals surface area (Å²) in [6.45, 7) is 4.40. The normalized spacial score (nSPS) is 10.2. The van der Waals surface area contributed by atoms with E-state index in [1.165, 1.54) is 0 Å². The predicted octanol–water partition coefficient (Wildman–Crippen LogP) is 4.05. The van der Waals surface area contributed by atoms with Crippen molar-refractivity contribution in [3.63, 3.8) is 0 Å². The first kappa shape index (κ1) is 18.3.